The quantitative estimate of drug-likeness (QED) is 0.354. The fourth-order valence-corrected chi connectivity index (χ4v) is 4.89. The highest BCUT2D eigenvalue weighted by atomic mass is 127. The molecular formula is C16H15F2IN4OS. The van der Waals surface area contributed by atoms with E-state index in [-0.39, 0.29) is 23.1 Å². The van der Waals surface area contributed by atoms with Crippen molar-refractivity contribution in [2.24, 2.45) is 0 Å². The smallest absolute Gasteiger partial charge is 0.244 e. The maximum Gasteiger partial charge on any atom is 0.244 e. The number of guanidine groups is 1. The Labute approximate surface area is 160 Å². The summed E-state index contributed by atoms with van der Waals surface area (Å²) >= 11 is 3.11. The van der Waals surface area contributed by atoms with E-state index in [1.807, 2.05) is 22.6 Å². The van der Waals surface area contributed by atoms with Crippen molar-refractivity contribution in [3.05, 3.63) is 40.1 Å². The molecule has 3 rings (SSSR count). The maximum atomic E-state index is 15.1. The van der Waals surface area contributed by atoms with E-state index in [1.54, 1.807) is 12.3 Å². The summed E-state index contributed by atoms with van der Waals surface area (Å²) in [6.07, 6.45) is 0. The molecule has 1 aromatic carbocycles. The van der Waals surface area contributed by atoms with Crippen molar-refractivity contribution in [3.63, 3.8) is 0 Å². The minimum absolute atomic E-state index is 0.0583. The van der Waals surface area contributed by atoms with Crippen LogP contribution in [0.2, 0.25) is 0 Å². The van der Waals surface area contributed by atoms with E-state index in [1.165, 1.54) is 30.1 Å². The predicted molar refractivity (Wildman–Crippen MR) is 103 cm³/mol. The third-order valence-electron chi connectivity index (χ3n) is 4.28. The van der Waals surface area contributed by atoms with E-state index in [9.17, 15) is 9.18 Å². The normalized spacial score (nSPS) is 23.7. The fraction of sp³-hybridized carbons (Fsp3) is 0.250. The van der Waals surface area contributed by atoms with E-state index in [4.69, 9.17) is 11.1 Å². The number of nitrogens with one attached hydrogen (secondary N) is 2. The second-order valence-electron chi connectivity index (χ2n) is 5.96. The van der Waals surface area contributed by atoms with Crippen molar-refractivity contribution in [3.8, 4) is 11.1 Å². The number of hydrogen-bond donors (Lipinski definition) is 3. The third kappa shape index (κ3) is 2.78. The topological polar surface area (TPSA) is 82.2 Å². The molecule has 1 aliphatic rings. The van der Waals surface area contributed by atoms with E-state index < -0.39 is 21.1 Å². The molecule has 0 aliphatic carbocycles. The van der Waals surface area contributed by atoms with Gasteiger partial charge in [-0.05, 0) is 24.6 Å². The van der Waals surface area contributed by atoms with Gasteiger partial charge in [0, 0.05) is 18.0 Å². The number of hydrogen-bond acceptors (Lipinski definition) is 4. The molecule has 132 valence electrons. The van der Waals surface area contributed by atoms with Gasteiger partial charge in [-0.2, -0.15) is 0 Å². The average Bonchev–Trinajstić information content (AvgIpc) is 2.96. The van der Waals surface area contributed by atoms with Crippen molar-refractivity contribution in [2.75, 3.05) is 12.8 Å². The van der Waals surface area contributed by atoms with Crippen LogP contribution in [0.4, 0.5) is 14.5 Å². The monoisotopic (exact) mass is 476 g/mol. The molecule has 0 bridgehead atoms. The minimum atomic E-state index is -1.06. The van der Waals surface area contributed by atoms with Crippen LogP contribution in [-0.4, -0.2) is 27.7 Å². The van der Waals surface area contributed by atoms with Gasteiger partial charge >= 0.3 is 0 Å². The molecular weight excluding hydrogens is 461 g/mol. The lowest BCUT2D eigenvalue weighted by atomic mass is 9.91. The van der Waals surface area contributed by atoms with Crippen LogP contribution in [0.15, 0.2) is 23.6 Å². The van der Waals surface area contributed by atoms with Crippen LogP contribution in [0.25, 0.3) is 11.1 Å². The molecule has 25 heavy (non-hydrogen) atoms. The number of rotatable bonds is 2. The highest BCUT2D eigenvalue weighted by molar-refractivity contribution is 14.1. The third-order valence-corrected chi connectivity index (χ3v) is 7.25. The highest BCUT2D eigenvalue weighted by Crippen LogP contribution is 2.42. The number of nitrogens with two attached hydrogens (primary N) is 1. The summed E-state index contributed by atoms with van der Waals surface area (Å²) < 4.78 is 27.9. The summed E-state index contributed by atoms with van der Waals surface area (Å²) in [6, 6.07) is 4.03. The Hall–Kier alpha value is -1.75. The van der Waals surface area contributed by atoms with Gasteiger partial charge in [0.05, 0.1) is 16.1 Å². The molecule has 2 heterocycles. The zero-order valence-corrected chi connectivity index (χ0v) is 16.3. The molecule has 1 aromatic heterocycles. The van der Waals surface area contributed by atoms with Crippen molar-refractivity contribution >= 4 is 51.5 Å². The maximum absolute atomic E-state index is 15.1. The average molecular weight is 476 g/mol. The van der Waals surface area contributed by atoms with Crippen molar-refractivity contribution < 1.29 is 13.6 Å². The van der Waals surface area contributed by atoms with Gasteiger partial charge < -0.3 is 11.1 Å². The summed E-state index contributed by atoms with van der Waals surface area (Å²) in [5.74, 6) is -1.42. The first-order chi connectivity index (χ1) is 11.7. The largest absolute Gasteiger partial charge is 0.396 e. The second kappa shape index (κ2) is 6.20. The van der Waals surface area contributed by atoms with Crippen LogP contribution < -0.4 is 11.1 Å². The summed E-state index contributed by atoms with van der Waals surface area (Å²) in [4.78, 5) is 13.9. The van der Waals surface area contributed by atoms with Gasteiger partial charge in [-0.3, -0.25) is 15.1 Å². The van der Waals surface area contributed by atoms with Crippen LogP contribution in [0.1, 0.15) is 11.8 Å². The first-order valence-corrected chi connectivity index (χ1v) is 9.40. The van der Waals surface area contributed by atoms with Gasteiger partial charge in [0.1, 0.15) is 15.6 Å². The zero-order valence-electron chi connectivity index (χ0n) is 13.4. The zero-order chi connectivity index (χ0) is 18.5. The highest BCUT2D eigenvalue weighted by Gasteiger charge is 2.48. The van der Waals surface area contributed by atoms with E-state index in [0.717, 1.165) is 11.3 Å². The summed E-state index contributed by atoms with van der Waals surface area (Å²) in [7, 11) is 1.50. The Kier molecular flexibility index (Phi) is 4.48. The fourth-order valence-electron chi connectivity index (χ4n) is 2.69. The standard InChI is InChI=1S/C16H15F2IN4OS/c1-16(12(19)14(24)23(2)15(21)22-16)13-11(18)8(6-25-13)7-3-4-9(17)10(20)5-7/h3-6,12H,20H2,1-2H3,(H2,21,22)/t12-,16-/m0/s1. The first kappa shape index (κ1) is 18.1. The number of nitrogens with zero attached hydrogens (tertiary/aromatic N) is 1. The molecule has 9 heteroatoms. The molecule has 5 nitrogen and oxygen atoms in total. The molecule has 1 saturated heterocycles. The number of thiophene rings is 1. The lowest BCUT2D eigenvalue weighted by Gasteiger charge is -2.42. The van der Waals surface area contributed by atoms with Crippen molar-refractivity contribution in [2.45, 2.75) is 16.4 Å². The van der Waals surface area contributed by atoms with Crippen LogP contribution in [-0.2, 0) is 10.3 Å². The lowest BCUT2D eigenvalue weighted by Crippen LogP contribution is -2.64. The number of halogens is 3. The summed E-state index contributed by atoms with van der Waals surface area (Å²) in [5, 5.41) is 12.5. The predicted octanol–water partition coefficient (Wildman–Crippen LogP) is 3.29. The van der Waals surface area contributed by atoms with Gasteiger partial charge in [0.15, 0.2) is 5.96 Å². The summed E-state index contributed by atoms with van der Waals surface area (Å²) in [6.45, 7) is 1.70. The number of carbonyl (C=O) groups is 1. The van der Waals surface area contributed by atoms with E-state index >= 15 is 4.39 Å². The molecule has 2 atom stereocenters. The van der Waals surface area contributed by atoms with Gasteiger partial charge in [-0.25, -0.2) is 8.78 Å². The number of carbonyl (C=O) groups excluding carboxylic acids is 1. The number of alkyl halides is 1. The Morgan fingerprint density at radius 2 is 2.12 bits per heavy atom. The SMILES string of the molecule is CN1C(=N)N[C@](C)(c2scc(-c3ccc(F)c(N)c3)c2F)[C@@H](I)C1=O. The Morgan fingerprint density at radius 1 is 1.44 bits per heavy atom. The molecule has 1 fully saturated rings. The van der Waals surface area contributed by atoms with Crippen molar-refractivity contribution in [1.82, 2.24) is 10.2 Å². The van der Waals surface area contributed by atoms with Crippen LogP contribution in [0, 0.1) is 17.0 Å². The Balaban J connectivity index is 2.07. The summed E-state index contributed by atoms with van der Waals surface area (Å²) in [5.41, 5.74) is 5.21. The Bertz CT molecular complexity index is 887. The molecule has 1 amide bonds. The molecule has 2 aromatic rings. The van der Waals surface area contributed by atoms with Gasteiger partial charge in [-0.15, -0.1) is 11.3 Å². The lowest BCUT2D eigenvalue weighted by molar-refractivity contribution is -0.128. The number of benzene rings is 1. The van der Waals surface area contributed by atoms with Crippen LogP contribution in [0.3, 0.4) is 0 Å². The molecule has 0 spiro atoms. The molecule has 1 aliphatic heterocycles. The molecule has 0 saturated carbocycles. The number of anilines is 1. The van der Waals surface area contributed by atoms with Gasteiger partial charge in [-0.1, -0.05) is 28.7 Å². The molecule has 0 unspecified atom stereocenters. The number of nitrogen functional groups attached to an aromatic ring is 1. The first-order valence-electron chi connectivity index (χ1n) is 7.28. The van der Waals surface area contributed by atoms with Crippen LogP contribution >= 0.6 is 33.9 Å². The van der Waals surface area contributed by atoms with Gasteiger partial charge in [0.25, 0.3) is 0 Å². The van der Waals surface area contributed by atoms with Crippen molar-refractivity contribution in [1.29, 1.82) is 5.41 Å². The van der Waals surface area contributed by atoms with E-state index in [0.29, 0.717) is 10.4 Å². The molecule has 4 N–H and O–H groups in total. The van der Waals surface area contributed by atoms with Gasteiger partial charge in [0.2, 0.25) is 5.91 Å². The minimum Gasteiger partial charge on any atom is -0.396 e. The number of amides is 1. The van der Waals surface area contributed by atoms with E-state index in [2.05, 4.69) is 5.32 Å². The van der Waals surface area contributed by atoms with Crippen LogP contribution in [0.5, 0.6) is 0 Å². The molecule has 0 radical (unpaired) electrons. The Morgan fingerprint density at radius 3 is 2.76 bits per heavy atom. The second-order valence-corrected chi connectivity index (χ2v) is 8.09.